The van der Waals surface area contributed by atoms with Gasteiger partial charge < -0.3 is 21.1 Å². The van der Waals surface area contributed by atoms with Crippen LogP contribution in [0.25, 0.3) is 0 Å². The molecule has 242 valence electrons. The summed E-state index contributed by atoms with van der Waals surface area (Å²) in [5, 5.41) is 6.09. The molecule has 3 aromatic carbocycles. The van der Waals surface area contributed by atoms with Crippen molar-refractivity contribution >= 4 is 33.2 Å². The second-order valence-corrected chi connectivity index (χ2v) is 13.9. The number of anilines is 1. The predicted molar refractivity (Wildman–Crippen MR) is 171 cm³/mol. The Hall–Kier alpha value is -2.93. The number of benzene rings is 3. The number of amides is 1. The molecular weight excluding hydrogens is 622 g/mol. The summed E-state index contributed by atoms with van der Waals surface area (Å²) in [7, 11) is -3.68. The largest absolute Gasteiger partial charge is 0.381 e. The number of nitrogens with one attached hydrogen (secondary N) is 2. The van der Waals surface area contributed by atoms with E-state index >= 15 is 4.39 Å². The lowest BCUT2D eigenvalue weighted by Gasteiger charge is -2.35. The number of nitrogens with zero attached hydrogens (tertiary/aromatic N) is 1. The van der Waals surface area contributed by atoms with Crippen molar-refractivity contribution in [3.05, 3.63) is 94.5 Å². The van der Waals surface area contributed by atoms with Crippen LogP contribution in [-0.2, 0) is 26.0 Å². The molecule has 2 saturated heterocycles. The van der Waals surface area contributed by atoms with Gasteiger partial charge in [-0.25, -0.2) is 17.2 Å². The third kappa shape index (κ3) is 7.90. The number of nitrogens with two attached hydrogens (primary N) is 1. The molecule has 0 saturated carbocycles. The van der Waals surface area contributed by atoms with Gasteiger partial charge in [-0.15, -0.1) is 0 Å². The molecule has 45 heavy (non-hydrogen) atoms. The summed E-state index contributed by atoms with van der Waals surface area (Å²) in [6, 6.07) is 15.9. The van der Waals surface area contributed by atoms with Crippen LogP contribution < -0.4 is 16.4 Å². The Labute approximate surface area is 268 Å². The minimum absolute atomic E-state index is 0.0169. The molecule has 2 aliphatic rings. The molecule has 0 spiro atoms. The van der Waals surface area contributed by atoms with Gasteiger partial charge in [0.2, 0.25) is 15.9 Å². The monoisotopic (exact) mass is 660 g/mol. The third-order valence-corrected chi connectivity index (χ3v) is 11.1. The van der Waals surface area contributed by atoms with Gasteiger partial charge >= 0.3 is 0 Å². The molecule has 0 bridgehead atoms. The van der Waals surface area contributed by atoms with Crippen molar-refractivity contribution in [1.82, 2.24) is 9.62 Å². The van der Waals surface area contributed by atoms with E-state index < -0.39 is 39.5 Å². The molecule has 5 rings (SSSR count). The fourth-order valence-electron chi connectivity index (χ4n) is 6.42. The average Bonchev–Trinajstić information content (AvgIpc) is 3.05. The van der Waals surface area contributed by atoms with Gasteiger partial charge in [-0.3, -0.25) is 4.79 Å². The molecule has 3 atom stereocenters. The maximum Gasteiger partial charge on any atom is 0.243 e. The van der Waals surface area contributed by atoms with E-state index in [1.54, 1.807) is 42.5 Å². The lowest BCUT2D eigenvalue weighted by molar-refractivity contribution is -0.118. The molecular formula is C33H39ClF2N4O4S. The number of carbonyl (C=O) groups is 1. The highest BCUT2D eigenvalue weighted by molar-refractivity contribution is 7.89. The Balaban J connectivity index is 1.29. The van der Waals surface area contributed by atoms with E-state index in [9.17, 15) is 17.6 Å². The summed E-state index contributed by atoms with van der Waals surface area (Å²) in [6.07, 6.45) is 2.58. The minimum Gasteiger partial charge on any atom is -0.381 e. The molecule has 0 radical (unpaired) electrons. The van der Waals surface area contributed by atoms with E-state index in [1.165, 1.54) is 28.6 Å². The quantitative estimate of drug-likeness (QED) is 0.265. The number of hydrogen-bond donors (Lipinski definition) is 3. The van der Waals surface area contributed by atoms with Crippen LogP contribution in [0, 0.1) is 17.6 Å². The van der Waals surface area contributed by atoms with Crippen LogP contribution in [0.4, 0.5) is 14.5 Å². The summed E-state index contributed by atoms with van der Waals surface area (Å²) in [6.45, 7) is 2.40. The van der Waals surface area contributed by atoms with Gasteiger partial charge in [0.1, 0.15) is 11.6 Å². The SMILES string of the molecule is N[C@H](C(=O)Nc1cccc(F)c1CCC[C@H]1CNCCN1S(=O)(=O)c1ccccc1)[C@@H](c1ccc(Cl)c(F)c1)C1CCOCC1. The van der Waals surface area contributed by atoms with Gasteiger partial charge in [0.15, 0.2) is 0 Å². The normalized spacial score (nSPS) is 19.6. The maximum absolute atomic E-state index is 15.2. The number of halogens is 3. The number of carbonyl (C=O) groups excluding carboxylic acids is 1. The zero-order chi connectivity index (χ0) is 32.0. The smallest absolute Gasteiger partial charge is 0.243 e. The van der Waals surface area contributed by atoms with Crippen LogP contribution in [0.15, 0.2) is 71.6 Å². The summed E-state index contributed by atoms with van der Waals surface area (Å²) in [5.41, 5.74) is 7.77. The zero-order valence-electron chi connectivity index (χ0n) is 24.9. The van der Waals surface area contributed by atoms with Crippen LogP contribution in [0.5, 0.6) is 0 Å². The topological polar surface area (TPSA) is 114 Å². The van der Waals surface area contributed by atoms with E-state index in [1.807, 2.05) is 0 Å². The molecule has 3 aromatic rings. The molecule has 2 heterocycles. The molecule has 2 fully saturated rings. The van der Waals surface area contributed by atoms with Crippen LogP contribution in [0.3, 0.4) is 0 Å². The van der Waals surface area contributed by atoms with E-state index in [0.717, 1.165) is 0 Å². The van der Waals surface area contributed by atoms with Crippen LogP contribution in [0.1, 0.15) is 42.7 Å². The first-order valence-corrected chi connectivity index (χ1v) is 17.1. The highest BCUT2D eigenvalue weighted by Crippen LogP contribution is 2.36. The van der Waals surface area contributed by atoms with E-state index in [2.05, 4.69) is 10.6 Å². The summed E-state index contributed by atoms with van der Waals surface area (Å²) < 4.78 is 63.4. The Morgan fingerprint density at radius 1 is 1.07 bits per heavy atom. The molecule has 0 aliphatic carbocycles. The van der Waals surface area contributed by atoms with Gasteiger partial charge in [-0.2, -0.15) is 4.31 Å². The highest BCUT2D eigenvalue weighted by Gasteiger charge is 2.36. The molecule has 1 amide bonds. The first-order valence-electron chi connectivity index (χ1n) is 15.3. The Bertz CT molecular complexity index is 1570. The summed E-state index contributed by atoms with van der Waals surface area (Å²) in [4.78, 5) is 13.8. The second-order valence-electron chi connectivity index (χ2n) is 11.6. The third-order valence-electron chi connectivity index (χ3n) is 8.78. The Morgan fingerprint density at radius 3 is 2.56 bits per heavy atom. The van der Waals surface area contributed by atoms with Crippen LogP contribution in [0.2, 0.25) is 5.02 Å². The Morgan fingerprint density at radius 2 is 1.82 bits per heavy atom. The summed E-state index contributed by atoms with van der Waals surface area (Å²) in [5.74, 6) is -2.10. The van der Waals surface area contributed by atoms with Crippen LogP contribution >= 0.6 is 11.6 Å². The number of piperazine rings is 1. The van der Waals surface area contributed by atoms with Crippen molar-refractivity contribution < 1.29 is 26.7 Å². The Kier molecular flexibility index (Phi) is 11.2. The van der Waals surface area contributed by atoms with Gasteiger partial charge in [-0.05, 0) is 80.0 Å². The van der Waals surface area contributed by atoms with E-state index in [4.69, 9.17) is 22.1 Å². The highest BCUT2D eigenvalue weighted by atomic mass is 35.5. The van der Waals surface area contributed by atoms with E-state index in [0.29, 0.717) is 75.3 Å². The van der Waals surface area contributed by atoms with Crippen molar-refractivity contribution in [2.75, 3.05) is 38.2 Å². The molecule has 0 aromatic heterocycles. The van der Waals surface area contributed by atoms with Crippen molar-refractivity contribution in [2.45, 2.75) is 55.0 Å². The fourth-order valence-corrected chi connectivity index (χ4v) is 8.22. The van der Waals surface area contributed by atoms with Crippen molar-refractivity contribution in [3.8, 4) is 0 Å². The van der Waals surface area contributed by atoms with Crippen molar-refractivity contribution in [2.24, 2.45) is 11.7 Å². The lowest BCUT2D eigenvalue weighted by atomic mass is 9.76. The van der Waals surface area contributed by atoms with Crippen LogP contribution in [-0.4, -0.2) is 63.6 Å². The molecule has 0 unspecified atom stereocenters. The first kappa shape index (κ1) is 33.4. The van der Waals surface area contributed by atoms with Gasteiger partial charge in [0.05, 0.1) is 16.0 Å². The molecule has 4 N–H and O–H groups in total. The molecule has 8 nitrogen and oxygen atoms in total. The predicted octanol–water partition coefficient (Wildman–Crippen LogP) is 5.08. The molecule has 12 heteroatoms. The minimum atomic E-state index is -3.68. The number of hydrogen-bond acceptors (Lipinski definition) is 6. The maximum atomic E-state index is 15.2. The number of ether oxygens (including phenoxy) is 1. The lowest BCUT2D eigenvalue weighted by Crippen LogP contribution is -2.53. The fraction of sp³-hybridized carbons (Fsp3) is 0.424. The van der Waals surface area contributed by atoms with Gasteiger partial charge in [0.25, 0.3) is 0 Å². The van der Waals surface area contributed by atoms with Gasteiger partial charge in [0, 0.05) is 56.1 Å². The van der Waals surface area contributed by atoms with Crippen molar-refractivity contribution in [1.29, 1.82) is 0 Å². The number of sulfonamides is 1. The van der Waals surface area contributed by atoms with Gasteiger partial charge in [-0.1, -0.05) is 41.9 Å². The van der Waals surface area contributed by atoms with E-state index in [-0.39, 0.29) is 28.3 Å². The molecule has 2 aliphatic heterocycles. The second kappa shape index (κ2) is 15.1. The van der Waals surface area contributed by atoms with Crippen molar-refractivity contribution in [3.63, 3.8) is 0 Å². The first-order chi connectivity index (χ1) is 21.7. The summed E-state index contributed by atoms with van der Waals surface area (Å²) >= 11 is 5.93. The standard InChI is InChI=1S/C33H39ClF2N4O4S/c34-27-13-12-23(20-29(27)36)31(22-14-18-44-19-15-22)32(37)33(41)39-30-11-5-10-28(35)26(30)9-4-6-24-21-38-16-17-40(24)45(42,43)25-7-2-1-3-8-25/h1-3,5,7-8,10-13,20,22,24,31-32,38H,4,6,9,14-19,21,37H2,(H,39,41)/t24-,31+,32-/m0/s1. The average molecular weight is 661 g/mol. The zero-order valence-corrected chi connectivity index (χ0v) is 26.5. The number of rotatable bonds is 11.